The molecule has 6 rings (SSSR count). The van der Waals surface area contributed by atoms with Crippen molar-refractivity contribution >= 4 is 17.4 Å². The number of hydrogen-bond donors (Lipinski definition) is 1. The molecular weight excluding hydrogens is 426 g/mol. The number of thiophene rings is 1. The van der Waals surface area contributed by atoms with Crippen molar-refractivity contribution in [1.82, 2.24) is 14.8 Å². The van der Waals surface area contributed by atoms with Gasteiger partial charge in [-0.3, -0.25) is 0 Å². The molecule has 1 N–H and O–H groups in total. The molecule has 166 valence electrons. The summed E-state index contributed by atoms with van der Waals surface area (Å²) in [7, 11) is 0. The maximum Gasteiger partial charge on any atom is 0.318 e. The van der Waals surface area contributed by atoms with Crippen LogP contribution in [0.3, 0.4) is 0 Å². The van der Waals surface area contributed by atoms with Crippen LogP contribution >= 0.6 is 11.3 Å². The molecule has 0 fully saturated rings. The van der Waals surface area contributed by atoms with Gasteiger partial charge < -0.3 is 14.8 Å². The molecule has 1 atom stereocenters. The van der Waals surface area contributed by atoms with Gasteiger partial charge in [0.25, 0.3) is 0 Å². The summed E-state index contributed by atoms with van der Waals surface area (Å²) in [6.45, 7) is 1.15. The van der Waals surface area contributed by atoms with E-state index in [4.69, 9.17) is 0 Å². The number of amides is 2. The van der Waals surface area contributed by atoms with E-state index in [0.29, 0.717) is 13.1 Å². The SMILES string of the molecule is O=C(NCc1ccccc1)N1Cc2c(sc3c2CCCC3)-n2cccc2C1c1ccccc1. The number of fused-ring (bicyclic) bond motifs is 5. The number of benzene rings is 2. The van der Waals surface area contributed by atoms with E-state index in [1.54, 1.807) is 0 Å². The molecule has 1 unspecified atom stereocenters. The molecule has 0 radical (unpaired) electrons. The Morgan fingerprint density at radius 2 is 1.67 bits per heavy atom. The Labute approximate surface area is 198 Å². The fourth-order valence-electron chi connectivity index (χ4n) is 5.25. The normalized spacial score (nSPS) is 17.0. The molecule has 4 nitrogen and oxygen atoms in total. The number of rotatable bonds is 3. The van der Waals surface area contributed by atoms with Crippen molar-refractivity contribution in [3.8, 4) is 5.00 Å². The van der Waals surface area contributed by atoms with Crippen molar-refractivity contribution in [2.24, 2.45) is 0 Å². The molecule has 5 heteroatoms. The number of aryl methyl sites for hydroxylation is 1. The summed E-state index contributed by atoms with van der Waals surface area (Å²) in [5.74, 6) is 0. The van der Waals surface area contributed by atoms with E-state index in [-0.39, 0.29) is 12.1 Å². The van der Waals surface area contributed by atoms with Crippen molar-refractivity contribution < 1.29 is 4.79 Å². The molecule has 0 saturated carbocycles. The van der Waals surface area contributed by atoms with Gasteiger partial charge in [-0.1, -0.05) is 60.7 Å². The lowest BCUT2D eigenvalue weighted by molar-refractivity contribution is 0.180. The summed E-state index contributed by atoms with van der Waals surface area (Å²) in [5, 5.41) is 4.50. The second-order valence-corrected chi connectivity index (χ2v) is 9.97. The molecule has 0 saturated heterocycles. The summed E-state index contributed by atoms with van der Waals surface area (Å²) in [6.07, 6.45) is 6.94. The number of aromatic nitrogens is 1. The third-order valence-electron chi connectivity index (χ3n) is 6.84. The van der Waals surface area contributed by atoms with Gasteiger partial charge >= 0.3 is 6.03 Å². The maximum atomic E-state index is 13.7. The van der Waals surface area contributed by atoms with Gasteiger partial charge in [-0.05, 0) is 54.5 Å². The fourth-order valence-corrected chi connectivity index (χ4v) is 6.65. The van der Waals surface area contributed by atoms with Crippen LogP contribution in [-0.4, -0.2) is 15.5 Å². The minimum atomic E-state index is -0.143. The predicted molar refractivity (Wildman–Crippen MR) is 133 cm³/mol. The highest BCUT2D eigenvalue weighted by Gasteiger charge is 2.35. The van der Waals surface area contributed by atoms with Crippen LogP contribution in [-0.2, 0) is 25.9 Å². The van der Waals surface area contributed by atoms with Gasteiger partial charge in [0, 0.05) is 23.2 Å². The Kier molecular flexibility index (Phi) is 5.27. The predicted octanol–water partition coefficient (Wildman–Crippen LogP) is 6.23. The van der Waals surface area contributed by atoms with Crippen LogP contribution in [0.5, 0.6) is 0 Å². The lowest BCUT2D eigenvalue weighted by Gasteiger charge is -2.31. The van der Waals surface area contributed by atoms with E-state index in [1.807, 2.05) is 40.5 Å². The highest BCUT2D eigenvalue weighted by Crippen LogP contribution is 2.43. The minimum Gasteiger partial charge on any atom is -0.334 e. The molecule has 0 spiro atoms. The fraction of sp³-hybridized carbons (Fsp3) is 0.250. The Morgan fingerprint density at radius 3 is 2.48 bits per heavy atom. The second kappa shape index (κ2) is 8.56. The van der Waals surface area contributed by atoms with Crippen molar-refractivity contribution in [3.63, 3.8) is 0 Å². The summed E-state index contributed by atoms with van der Waals surface area (Å²) in [6, 6.07) is 24.7. The van der Waals surface area contributed by atoms with Crippen molar-refractivity contribution in [2.45, 2.75) is 44.8 Å². The van der Waals surface area contributed by atoms with Gasteiger partial charge in [0.1, 0.15) is 5.00 Å². The van der Waals surface area contributed by atoms with Gasteiger partial charge in [0.15, 0.2) is 0 Å². The molecule has 2 amide bonds. The van der Waals surface area contributed by atoms with Gasteiger partial charge in [-0.2, -0.15) is 0 Å². The molecule has 33 heavy (non-hydrogen) atoms. The van der Waals surface area contributed by atoms with Crippen molar-refractivity contribution in [2.75, 3.05) is 0 Å². The molecule has 2 aliphatic rings. The van der Waals surface area contributed by atoms with Gasteiger partial charge in [-0.15, -0.1) is 11.3 Å². The zero-order valence-corrected chi connectivity index (χ0v) is 19.4. The van der Waals surface area contributed by atoms with Crippen LogP contribution in [0.1, 0.15) is 51.7 Å². The first-order valence-electron chi connectivity index (χ1n) is 11.7. The largest absolute Gasteiger partial charge is 0.334 e. The zero-order valence-electron chi connectivity index (χ0n) is 18.5. The van der Waals surface area contributed by atoms with Crippen LogP contribution < -0.4 is 5.32 Å². The van der Waals surface area contributed by atoms with E-state index in [9.17, 15) is 4.79 Å². The Balaban J connectivity index is 1.44. The standard InChI is InChI=1S/C28H27N3OS/c32-28(29-18-20-10-3-1-4-11-20)31-19-23-22-14-7-8-16-25(22)33-27(23)30-17-9-15-24(30)26(31)21-12-5-2-6-13-21/h1-6,9-13,15,17,26H,7-8,14,16,18-19H2,(H,29,32). The topological polar surface area (TPSA) is 37.3 Å². The number of carbonyl (C=O) groups excluding carboxylic acids is 1. The Bertz CT molecular complexity index is 1280. The summed E-state index contributed by atoms with van der Waals surface area (Å²) >= 11 is 1.92. The lowest BCUT2D eigenvalue weighted by Crippen LogP contribution is -2.41. The summed E-state index contributed by atoms with van der Waals surface area (Å²) in [5.41, 5.74) is 6.20. The monoisotopic (exact) mass is 453 g/mol. The lowest BCUT2D eigenvalue weighted by atomic mass is 9.95. The zero-order chi connectivity index (χ0) is 22.2. The van der Waals surface area contributed by atoms with Crippen molar-refractivity contribution in [1.29, 1.82) is 0 Å². The van der Waals surface area contributed by atoms with Crippen LogP contribution in [0.4, 0.5) is 4.79 Å². The Morgan fingerprint density at radius 1 is 0.909 bits per heavy atom. The summed E-state index contributed by atoms with van der Waals surface area (Å²) in [4.78, 5) is 17.3. The average molecular weight is 454 g/mol. The van der Waals surface area contributed by atoms with Gasteiger partial charge in [0.2, 0.25) is 0 Å². The Hall–Kier alpha value is -3.31. The third kappa shape index (κ3) is 3.66. The number of carbonyl (C=O) groups is 1. The van der Waals surface area contributed by atoms with Gasteiger partial charge in [0.05, 0.1) is 18.3 Å². The van der Waals surface area contributed by atoms with Crippen molar-refractivity contribution in [3.05, 3.63) is 112 Å². The molecule has 4 aromatic rings. The quantitative estimate of drug-likeness (QED) is 0.392. The van der Waals surface area contributed by atoms with Crippen LogP contribution in [0.15, 0.2) is 79.0 Å². The highest BCUT2D eigenvalue weighted by atomic mass is 32.1. The van der Waals surface area contributed by atoms with E-state index < -0.39 is 0 Å². The average Bonchev–Trinajstić information content (AvgIpc) is 3.45. The van der Waals surface area contributed by atoms with E-state index in [2.05, 4.69) is 64.6 Å². The summed E-state index contributed by atoms with van der Waals surface area (Å²) < 4.78 is 2.33. The van der Waals surface area contributed by atoms with Gasteiger partial charge in [-0.25, -0.2) is 4.79 Å². The van der Waals surface area contributed by atoms with E-state index in [0.717, 1.165) is 29.7 Å². The smallest absolute Gasteiger partial charge is 0.318 e. The molecule has 1 aliphatic heterocycles. The molecule has 2 aromatic carbocycles. The molecule has 0 bridgehead atoms. The second-order valence-electron chi connectivity index (χ2n) is 8.88. The number of hydrogen-bond acceptors (Lipinski definition) is 2. The van der Waals surface area contributed by atoms with Crippen LogP contribution in [0, 0.1) is 0 Å². The molecule has 2 aromatic heterocycles. The molecule has 1 aliphatic carbocycles. The van der Waals surface area contributed by atoms with E-state index >= 15 is 0 Å². The van der Waals surface area contributed by atoms with Crippen LogP contribution in [0.25, 0.3) is 5.00 Å². The minimum absolute atomic E-state index is 0.0240. The molecule has 3 heterocycles. The highest BCUT2D eigenvalue weighted by molar-refractivity contribution is 7.15. The first-order chi connectivity index (χ1) is 16.3. The first kappa shape index (κ1) is 20.3. The number of nitrogens with one attached hydrogen (secondary N) is 1. The molecular formula is C28H27N3OS. The number of urea groups is 1. The van der Waals surface area contributed by atoms with Crippen LogP contribution in [0.2, 0.25) is 0 Å². The first-order valence-corrected chi connectivity index (χ1v) is 12.6. The third-order valence-corrected chi connectivity index (χ3v) is 8.17. The maximum absolute atomic E-state index is 13.7. The van der Waals surface area contributed by atoms with E-state index in [1.165, 1.54) is 33.8 Å². The number of nitrogens with zero attached hydrogens (tertiary/aromatic N) is 2.